The molecule has 4 heterocycles. The van der Waals surface area contributed by atoms with Crippen LogP contribution in [-0.2, 0) is 13.1 Å². The number of fused-ring (bicyclic) bond motifs is 1. The summed E-state index contributed by atoms with van der Waals surface area (Å²) in [4.78, 5) is 34.4. The normalized spacial score (nSPS) is 15.2. The summed E-state index contributed by atoms with van der Waals surface area (Å²) in [5.41, 5.74) is 3.80. The Morgan fingerprint density at radius 2 is 1.79 bits per heavy atom. The lowest BCUT2D eigenvalue weighted by Crippen LogP contribution is -2.48. The van der Waals surface area contributed by atoms with Gasteiger partial charge in [-0.3, -0.25) is 19.2 Å². The van der Waals surface area contributed by atoms with E-state index in [2.05, 4.69) is 37.0 Å². The highest BCUT2D eigenvalue weighted by molar-refractivity contribution is 7.98. The van der Waals surface area contributed by atoms with E-state index in [4.69, 9.17) is 11.6 Å². The van der Waals surface area contributed by atoms with Crippen LogP contribution in [0.5, 0.6) is 0 Å². The average molecular weight is 599 g/mol. The predicted molar refractivity (Wildman–Crippen MR) is 168 cm³/mol. The molecule has 3 aromatic heterocycles. The van der Waals surface area contributed by atoms with Crippen molar-refractivity contribution in [1.82, 2.24) is 29.4 Å². The lowest BCUT2D eigenvalue weighted by Gasteiger charge is -2.38. The Hall–Kier alpha value is -3.63. The highest BCUT2D eigenvalue weighted by Crippen LogP contribution is 2.33. The van der Waals surface area contributed by atoms with Crippen LogP contribution in [-0.4, -0.2) is 59.5 Å². The lowest BCUT2D eigenvalue weighted by molar-refractivity contribution is -0.0356. The fraction of sp³-hybridized carbons (Fsp3) is 0.281. The largest absolute Gasteiger partial charge is 0.388 e. The number of pyridine rings is 1. The molecule has 1 fully saturated rings. The van der Waals surface area contributed by atoms with Crippen LogP contribution < -0.4 is 5.56 Å². The Labute approximate surface area is 253 Å². The van der Waals surface area contributed by atoms with E-state index in [1.165, 1.54) is 17.3 Å². The number of aromatic nitrogens is 5. The zero-order valence-corrected chi connectivity index (χ0v) is 25.1. The topological polar surface area (TPSA) is 97.0 Å². The van der Waals surface area contributed by atoms with Gasteiger partial charge >= 0.3 is 0 Å². The third-order valence-electron chi connectivity index (χ3n) is 7.79. The van der Waals surface area contributed by atoms with Gasteiger partial charge in [-0.1, -0.05) is 65.8 Å². The van der Waals surface area contributed by atoms with E-state index >= 15 is 0 Å². The smallest absolute Gasteiger partial charge is 0.260 e. The molecule has 0 aliphatic carbocycles. The van der Waals surface area contributed by atoms with Gasteiger partial charge in [-0.2, -0.15) is 0 Å². The van der Waals surface area contributed by atoms with Crippen LogP contribution in [0, 0.1) is 6.92 Å². The molecule has 0 spiro atoms. The van der Waals surface area contributed by atoms with Crippen molar-refractivity contribution in [3.63, 3.8) is 0 Å². The Kier molecular flexibility index (Phi) is 8.09. The number of aliphatic hydroxyl groups is 1. The molecule has 0 bridgehead atoms. The van der Waals surface area contributed by atoms with Crippen molar-refractivity contribution < 1.29 is 5.11 Å². The molecule has 214 valence electrons. The van der Waals surface area contributed by atoms with E-state index in [0.717, 1.165) is 30.9 Å². The maximum atomic E-state index is 14.1. The zero-order valence-electron chi connectivity index (χ0n) is 23.5. The van der Waals surface area contributed by atoms with E-state index in [1.807, 2.05) is 43.5 Å². The van der Waals surface area contributed by atoms with Gasteiger partial charge in [0.15, 0.2) is 5.16 Å². The fourth-order valence-corrected chi connectivity index (χ4v) is 6.12. The Morgan fingerprint density at radius 1 is 1.00 bits per heavy atom. The van der Waals surface area contributed by atoms with E-state index in [-0.39, 0.29) is 12.1 Å². The van der Waals surface area contributed by atoms with Crippen LogP contribution in [0.4, 0.5) is 0 Å². The summed E-state index contributed by atoms with van der Waals surface area (Å²) < 4.78 is 1.61. The summed E-state index contributed by atoms with van der Waals surface area (Å²) in [6, 6.07) is 17.7. The van der Waals surface area contributed by atoms with Crippen LogP contribution in [0.1, 0.15) is 24.1 Å². The molecule has 1 aliphatic heterocycles. The summed E-state index contributed by atoms with van der Waals surface area (Å²) in [7, 11) is 0. The second-order valence-corrected chi connectivity index (χ2v) is 12.0. The molecule has 0 saturated carbocycles. The number of piperidine rings is 1. The van der Waals surface area contributed by atoms with E-state index in [9.17, 15) is 9.90 Å². The van der Waals surface area contributed by atoms with Gasteiger partial charge in [0.2, 0.25) is 0 Å². The van der Waals surface area contributed by atoms with Crippen LogP contribution in [0.2, 0.25) is 5.02 Å². The molecular formula is C32H31ClN6O2S. The number of benzene rings is 2. The number of hydrogen-bond donors (Lipinski definition) is 1. The van der Waals surface area contributed by atoms with Gasteiger partial charge in [-0.25, -0.2) is 15.0 Å². The molecule has 0 radical (unpaired) electrons. The fourth-order valence-electron chi connectivity index (χ4n) is 5.50. The summed E-state index contributed by atoms with van der Waals surface area (Å²) in [5, 5.41) is 13.4. The third kappa shape index (κ3) is 5.96. The van der Waals surface area contributed by atoms with Crippen molar-refractivity contribution in [2.75, 3.05) is 19.3 Å². The molecule has 1 N–H and O–H groups in total. The first-order valence-electron chi connectivity index (χ1n) is 13.8. The second kappa shape index (κ2) is 11.9. The number of rotatable bonds is 7. The van der Waals surface area contributed by atoms with Crippen LogP contribution in [0.15, 0.2) is 83.1 Å². The van der Waals surface area contributed by atoms with Gasteiger partial charge < -0.3 is 5.11 Å². The molecule has 2 aromatic carbocycles. The molecule has 6 rings (SSSR count). The minimum atomic E-state index is -1.05. The van der Waals surface area contributed by atoms with E-state index in [1.54, 1.807) is 35.3 Å². The minimum Gasteiger partial charge on any atom is -0.388 e. The van der Waals surface area contributed by atoms with Gasteiger partial charge in [0.05, 0.1) is 29.7 Å². The molecule has 5 aromatic rings. The van der Waals surface area contributed by atoms with Crippen molar-refractivity contribution in [1.29, 1.82) is 0 Å². The molecule has 42 heavy (non-hydrogen) atoms. The number of aryl methyl sites for hydroxylation is 1. The number of halogens is 1. The lowest BCUT2D eigenvalue weighted by atomic mass is 9.90. The molecule has 1 saturated heterocycles. The van der Waals surface area contributed by atoms with E-state index < -0.39 is 5.60 Å². The quantitative estimate of drug-likeness (QED) is 0.190. The van der Waals surface area contributed by atoms with Crippen LogP contribution in [0.3, 0.4) is 0 Å². The van der Waals surface area contributed by atoms with Crippen molar-refractivity contribution in [2.24, 2.45) is 0 Å². The van der Waals surface area contributed by atoms with E-state index in [0.29, 0.717) is 50.9 Å². The minimum absolute atomic E-state index is 0.134. The van der Waals surface area contributed by atoms with Crippen molar-refractivity contribution >= 4 is 34.4 Å². The predicted octanol–water partition coefficient (Wildman–Crippen LogP) is 5.63. The number of likely N-dealkylation sites (tertiary alicyclic amines) is 1. The van der Waals surface area contributed by atoms with Crippen molar-refractivity contribution in [3.05, 3.63) is 99.8 Å². The standard InChI is InChI=1S/C32H31ClN6O2S/c1-21-16-34-18-28(36-21)23-8-9-25(27(33)15-23)26-14-24-17-35-31(42-2)37-29(24)39(30(26)40)20-32(41)10-12-38(13-11-32)19-22-6-4-3-5-7-22/h3-9,14-18,41H,10-13,19-20H2,1-2H3. The van der Waals surface area contributed by atoms with Gasteiger partial charge in [0.25, 0.3) is 5.56 Å². The highest BCUT2D eigenvalue weighted by Gasteiger charge is 2.34. The highest BCUT2D eigenvalue weighted by atomic mass is 35.5. The van der Waals surface area contributed by atoms with Gasteiger partial charge in [0.1, 0.15) is 5.65 Å². The molecule has 0 unspecified atom stereocenters. The summed E-state index contributed by atoms with van der Waals surface area (Å²) in [5.74, 6) is 0. The summed E-state index contributed by atoms with van der Waals surface area (Å²) >= 11 is 8.20. The first-order chi connectivity index (χ1) is 20.3. The van der Waals surface area contributed by atoms with Gasteiger partial charge in [0, 0.05) is 59.1 Å². The van der Waals surface area contributed by atoms with Crippen LogP contribution >= 0.6 is 23.4 Å². The summed E-state index contributed by atoms with van der Waals surface area (Å²) in [6.07, 6.45) is 8.10. The maximum absolute atomic E-state index is 14.1. The molecule has 8 nitrogen and oxygen atoms in total. The zero-order chi connectivity index (χ0) is 29.3. The number of hydrogen-bond acceptors (Lipinski definition) is 8. The average Bonchev–Trinajstić information content (AvgIpc) is 3.00. The summed E-state index contributed by atoms with van der Waals surface area (Å²) in [6.45, 7) is 4.32. The molecule has 0 atom stereocenters. The molecular weight excluding hydrogens is 568 g/mol. The van der Waals surface area contributed by atoms with Crippen molar-refractivity contribution in [3.8, 4) is 22.4 Å². The Morgan fingerprint density at radius 3 is 2.50 bits per heavy atom. The monoisotopic (exact) mass is 598 g/mol. The Bertz CT molecular complexity index is 1810. The van der Waals surface area contributed by atoms with Gasteiger partial charge in [-0.15, -0.1) is 0 Å². The first-order valence-corrected chi connectivity index (χ1v) is 15.4. The first kappa shape index (κ1) is 28.5. The Balaban J connectivity index is 1.35. The third-order valence-corrected chi connectivity index (χ3v) is 8.66. The second-order valence-electron chi connectivity index (χ2n) is 10.8. The van der Waals surface area contributed by atoms with Crippen LogP contribution in [0.25, 0.3) is 33.4 Å². The number of nitrogens with zero attached hydrogens (tertiary/aromatic N) is 6. The molecule has 0 amide bonds. The molecule has 1 aliphatic rings. The number of thioether (sulfide) groups is 1. The molecule has 10 heteroatoms. The van der Waals surface area contributed by atoms with Crippen molar-refractivity contribution in [2.45, 2.75) is 43.6 Å². The maximum Gasteiger partial charge on any atom is 0.260 e. The van der Waals surface area contributed by atoms with Gasteiger partial charge in [-0.05, 0) is 43.7 Å². The SMILES string of the molecule is CSc1ncc2cc(-c3ccc(-c4cncc(C)n4)cc3Cl)c(=O)n(CC3(O)CCN(Cc4ccccc4)CC3)c2n1.